The first kappa shape index (κ1) is 21.6. The van der Waals surface area contributed by atoms with E-state index in [1.165, 1.54) is 37.9 Å². The van der Waals surface area contributed by atoms with E-state index >= 15 is 0 Å². The zero-order chi connectivity index (χ0) is 21.1. The minimum atomic E-state index is -0.534. The van der Waals surface area contributed by atoms with E-state index in [1.807, 2.05) is 0 Å². The highest BCUT2D eigenvalue weighted by Gasteiger charge is 2.55. The molecule has 3 aliphatic rings. The summed E-state index contributed by atoms with van der Waals surface area (Å²) in [7, 11) is 1.29. The first-order valence-electron chi connectivity index (χ1n) is 10.4. The third kappa shape index (κ3) is 4.21. The number of hydrogen-bond donors (Lipinski definition) is 1. The van der Waals surface area contributed by atoms with Crippen LogP contribution in [0.25, 0.3) is 0 Å². The Morgan fingerprint density at radius 3 is 2.43 bits per heavy atom. The van der Waals surface area contributed by atoms with Crippen LogP contribution in [-0.2, 0) is 19.1 Å². The second-order valence-corrected chi connectivity index (χ2v) is 11.1. The topological polar surface area (TPSA) is 81.7 Å². The standard InChI is InChI=1S/C22H27NO5S2/c1-27-21(26)17-7-2-3-8-18(17)23-19(24)13-28-20(25)14-11-15-5-4-6-16(12-14)22(15)29-9-10-30-22/h2-3,7-8,14-16H,4-6,9-13H2,1H3,(H,23,24)/t14?,15-,16+. The van der Waals surface area contributed by atoms with Crippen molar-refractivity contribution in [2.45, 2.75) is 36.2 Å². The fourth-order valence-corrected chi connectivity index (χ4v) is 9.06. The average molecular weight is 450 g/mol. The number of rotatable bonds is 5. The highest BCUT2D eigenvalue weighted by atomic mass is 32.2. The van der Waals surface area contributed by atoms with Gasteiger partial charge in [-0.2, -0.15) is 0 Å². The second-order valence-electron chi connectivity index (χ2n) is 8.10. The van der Waals surface area contributed by atoms with Gasteiger partial charge in [0.2, 0.25) is 0 Å². The molecule has 1 unspecified atom stereocenters. The lowest BCUT2D eigenvalue weighted by Crippen LogP contribution is -2.48. The van der Waals surface area contributed by atoms with Crippen LogP contribution >= 0.6 is 23.5 Å². The van der Waals surface area contributed by atoms with Gasteiger partial charge in [0.25, 0.3) is 5.91 Å². The number of amides is 1. The van der Waals surface area contributed by atoms with Crippen LogP contribution in [0.2, 0.25) is 0 Å². The predicted molar refractivity (Wildman–Crippen MR) is 119 cm³/mol. The number of thioether (sulfide) groups is 2. The van der Waals surface area contributed by atoms with Gasteiger partial charge in [-0.15, -0.1) is 23.5 Å². The van der Waals surface area contributed by atoms with Gasteiger partial charge < -0.3 is 14.8 Å². The molecule has 3 fully saturated rings. The number of carbonyl (C=O) groups excluding carboxylic acids is 3. The van der Waals surface area contributed by atoms with Crippen LogP contribution < -0.4 is 5.32 Å². The first-order chi connectivity index (χ1) is 14.5. The molecule has 1 spiro atoms. The summed E-state index contributed by atoms with van der Waals surface area (Å²) in [6, 6.07) is 6.59. The maximum Gasteiger partial charge on any atom is 0.339 e. The first-order valence-corrected chi connectivity index (χ1v) is 12.4. The van der Waals surface area contributed by atoms with Crippen molar-refractivity contribution in [3.05, 3.63) is 29.8 Å². The summed E-state index contributed by atoms with van der Waals surface area (Å²) in [5.74, 6) is 2.14. The molecule has 162 valence electrons. The van der Waals surface area contributed by atoms with Gasteiger partial charge in [-0.05, 0) is 49.7 Å². The lowest BCUT2D eigenvalue weighted by Gasteiger charge is -2.51. The van der Waals surface area contributed by atoms with Crippen molar-refractivity contribution < 1.29 is 23.9 Å². The lowest BCUT2D eigenvalue weighted by atomic mass is 9.67. The largest absolute Gasteiger partial charge is 0.465 e. The van der Waals surface area contributed by atoms with Crippen molar-refractivity contribution in [2.24, 2.45) is 17.8 Å². The molecule has 0 aromatic heterocycles. The lowest BCUT2D eigenvalue weighted by molar-refractivity contribution is -0.154. The molecule has 1 aliphatic heterocycles. The molecule has 1 aromatic carbocycles. The van der Waals surface area contributed by atoms with E-state index in [0.29, 0.717) is 21.6 Å². The van der Waals surface area contributed by atoms with E-state index in [9.17, 15) is 14.4 Å². The molecule has 1 amide bonds. The monoisotopic (exact) mass is 449 g/mol. The Bertz CT molecular complexity index is 808. The molecule has 1 saturated heterocycles. The van der Waals surface area contributed by atoms with Crippen molar-refractivity contribution in [1.29, 1.82) is 0 Å². The SMILES string of the molecule is COC(=O)c1ccccc1NC(=O)COC(=O)C1C[C@H]2CCC[C@@H](C1)C21SCCS1. The Balaban J connectivity index is 1.32. The van der Waals surface area contributed by atoms with E-state index in [1.54, 1.807) is 24.3 Å². The van der Waals surface area contributed by atoms with Crippen LogP contribution in [0.5, 0.6) is 0 Å². The van der Waals surface area contributed by atoms with Gasteiger partial charge in [-0.25, -0.2) is 4.79 Å². The molecule has 8 heteroatoms. The van der Waals surface area contributed by atoms with Gasteiger partial charge in [0.15, 0.2) is 6.61 Å². The Kier molecular flexibility index (Phi) is 6.63. The van der Waals surface area contributed by atoms with Crippen molar-refractivity contribution in [3.8, 4) is 0 Å². The van der Waals surface area contributed by atoms with Gasteiger partial charge in [0.05, 0.1) is 28.4 Å². The van der Waals surface area contributed by atoms with Crippen molar-refractivity contribution in [2.75, 3.05) is 30.5 Å². The van der Waals surface area contributed by atoms with E-state index in [0.717, 1.165) is 12.8 Å². The van der Waals surface area contributed by atoms with E-state index in [-0.39, 0.29) is 24.1 Å². The van der Waals surface area contributed by atoms with Crippen LogP contribution in [-0.4, -0.2) is 47.1 Å². The van der Waals surface area contributed by atoms with E-state index in [4.69, 9.17) is 9.47 Å². The molecule has 4 rings (SSSR count). The van der Waals surface area contributed by atoms with E-state index in [2.05, 4.69) is 28.8 Å². The molecule has 0 radical (unpaired) electrons. The van der Waals surface area contributed by atoms with Crippen molar-refractivity contribution >= 4 is 47.1 Å². The van der Waals surface area contributed by atoms with Gasteiger partial charge in [0, 0.05) is 11.5 Å². The summed E-state index contributed by atoms with van der Waals surface area (Å²) in [4.78, 5) is 36.9. The number of methoxy groups -OCH3 is 1. The quantitative estimate of drug-likeness (QED) is 0.682. The third-order valence-electron chi connectivity index (χ3n) is 6.41. The number of carbonyl (C=O) groups is 3. The number of nitrogens with one attached hydrogen (secondary N) is 1. The highest BCUT2D eigenvalue weighted by molar-refractivity contribution is 8.21. The zero-order valence-corrected chi connectivity index (χ0v) is 18.7. The fraction of sp³-hybridized carbons (Fsp3) is 0.591. The molecule has 2 aliphatic carbocycles. The molecule has 2 saturated carbocycles. The molecular formula is C22H27NO5S2. The van der Waals surface area contributed by atoms with Crippen LogP contribution in [0, 0.1) is 17.8 Å². The van der Waals surface area contributed by atoms with Crippen LogP contribution in [0.3, 0.4) is 0 Å². The Hall–Kier alpha value is -1.67. The van der Waals surface area contributed by atoms with Gasteiger partial charge >= 0.3 is 11.9 Å². The smallest absolute Gasteiger partial charge is 0.339 e. The highest BCUT2D eigenvalue weighted by Crippen LogP contribution is 2.64. The maximum absolute atomic E-state index is 12.7. The summed E-state index contributed by atoms with van der Waals surface area (Å²) in [6.45, 7) is -0.352. The normalized spacial score (nSPS) is 26.8. The van der Waals surface area contributed by atoms with Crippen molar-refractivity contribution in [3.63, 3.8) is 0 Å². The number of anilines is 1. The summed E-state index contributed by atoms with van der Waals surface area (Å²) in [6.07, 6.45) is 5.35. The Labute approximate surface area is 185 Å². The molecule has 3 atom stereocenters. The van der Waals surface area contributed by atoms with Gasteiger partial charge in [0.1, 0.15) is 0 Å². The van der Waals surface area contributed by atoms with Crippen LogP contribution in [0.4, 0.5) is 5.69 Å². The molecule has 2 bridgehead atoms. The summed E-state index contributed by atoms with van der Waals surface area (Å²) in [5, 5.41) is 2.64. The van der Waals surface area contributed by atoms with Crippen LogP contribution in [0.1, 0.15) is 42.5 Å². The summed E-state index contributed by atoms with van der Waals surface area (Å²) in [5.41, 5.74) is 0.603. The predicted octanol–water partition coefficient (Wildman–Crippen LogP) is 3.96. The van der Waals surface area contributed by atoms with Crippen molar-refractivity contribution in [1.82, 2.24) is 0 Å². The minimum Gasteiger partial charge on any atom is -0.465 e. The average Bonchev–Trinajstić information content (AvgIpc) is 3.21. The van der Waals surface area contributed by atoms with Crippen LogP contribution in [0.15, 0.2) is 24.3 Å². The Morgan fingerprint density at radius 2 is 1.77 bits per heavy atom. The summed E-state index contributed by atoms with van der Waals surface area (Å²) >= 11 is 4.21. The number of para-hydroxylation sites is 1. The fourth-order valence-electron chi connectivity index (χ4n) is 5.12. The number of esters is 2. The number of benzene rings is 1. The summed E-state index contributed by atoms with van der Waals surface area (Å²) < 4.78 is 10.4. The van der Waals surface area contributed by atoms with E-state index < -0.39 is 11.9 Å². The second kappa shape index (κ2) is 9.22. The molecule has 1 heterocycles. The zero-order valence-electron chi connectivity index (χ0n) is 17.1. The number of hydrogen-bond acceptors (Lipinski definition) is 7. The maximum atomic E-state index is 12.7. The molecule has 30 heavy (non-hydrogen) atoms. The Morgan fingerprint density at radius 1 is 1.10 bits per heavy atom. The molecule has 1 N–H and O–H groups in total. The number of ether oxygens (including phenoxy) is 2. The van der Waals surface area contributed by atoms with Gasteiger partial charge in [-0.3, -0.25) is 9.59 Å². The molecule has 6 nitrogen and oxygen atoms in total. The minimum absolute atomic E-state index is 0.122. The molecular weight excluding hydrogens is 422 g/mol. The third-order valence-corrected chi connectivity index (χ3v) is 10.4. The molecule has 1 aromatic rings. The van der Waals surface area contributed by atoms with Gasteiger partial charge in [-0.1, -0.05) is 18.6 Å².